The number of likely N-dealkylation sites (N-methyl/N-ethyl adjacent to an activating group) is 1. The highest BCUT2D eigenvalue weighted by Gasteiger charge is 2.46. The summed E-state index contributed by atoms with van der Waals surface area (Å²) < 4.78 is 6.24. The smallest absolute Gasteiger partial charge is 0.236 e. The van der Waals surface area contributed by atoms with Gasteiger partial charge in [-0.1, -0.05) is 36.8 Å². The Morgan fingerprint density at radius 1 is 1.18 bits per heavy atom. The molecule has 2 aromatic carbocycles. The number of nitrogens with zero attached hydrogens (tertiary/aromatic N) is 1. The number of carbonyl (C=O) groups excluding carboxylic acids is 1. The molecule has 0 radical (unpaired) electrons. The first-order chi connectivity index (χ1) is 15.8. The Hall–Kier alpha value is -2.37. The summed E-state index contributed by atoms with van der Waals surface area (Å²) >= 11 is 0. The summed E-state index contributed by atoms with van der Waals surface area (Å²) in [6, 6.07) is 16.4. The summed E-state index contributed by atoms with van der Waals surface area (Å²) in [5.41, 5.74) is 4.01. The fourth-order valence-electron chi connectivity index (χ4n) is 6.21. The molecule has 5 heteroatoms. The van der Waals surface area contributed by atoms with E-state index in [1.807, 2.05) is 20.9 Å². The molecule has 2 fully saturated rings. The molecule has 3 aliphatic rings. The van der Waals surface area contributed by atoms with Gasteiger partial charge in [-0.3, -0.25) is 4.79 Å². The Kier molecular flexibility index (Phi) is 5.74. The number of nitrogens with one attached hydrogen (secondary N) is 2. The SMILES string of the molecule is CC(C)Oc1cc2c(cc1CNC1C(c3ccccc3)NC3CCCC31)C(C)(C)C(=O)N2C. The second-order valence-corrected chi connectivity index (χ2v) is 10.8. The van der Waals surface area contributed by atoms with Crippen LogP contribution in [-0.2, 0) is 16.8 Å². The lowest BCUT2D eigenvalue weighted by molar-refractivity contribution is -0.121. The van der Waals surface area contributed by atoms with Gasteiger partial charge in [0.25, 0.3) is 0 Å². The van der Waals surface area contributed by atoms with Crippen LogP contribution in [0.5, 0.6) is 5.75 Å². The first kappa shape index (κ1) is 22.4. The molecule has 0 aromatic heterocycles. The number of fused-ring (bicyclic) bond motifs is 2. The maximum absolute atomic E-state index is 12.9. The standard InChI is InChI=1S/C28H37N3O2/c1-17(2)33-24-15-23-21(28(3,4)27(32)31(23)5)14-19(24)16-29-26-20-12-9-13-22(20)30-25(26)18-10-7-6-8-11-18/h6-8,10-11,14-15,17,20,22,25-26,29-30H,9,12-13,16H2,1-5H3. The number of ether oxygens (including phenoxy) is 1. The Morgan fingerprint density at radius 2 is 1.94 bits per heavy atom. The molecule has 2 aliphatic heterocycles. The maximum Gasteiger partial charge on any atom is 0.236 e. The monoisotopic (exact) mass is 447 g/mol. The zero-order valence-electron chi connectivity index (χ0n) is 20.5. The molecule has 1 saturated heterocycles. The number of benzene rings is 2. The normalized spacial score (nSPS) is 27.8. The molecule has 1 amide bonds. The average Bonchev–Trinajstić information content (AvgIpc) is 3.42. The highest BCUT2D eigenvalue weighted by atomic mass is 16.5. The molecule has 33 heavy (non-hydrogen) atoms. The quantitative estimate of drug-likeness (QED) is 0.674. The lowest BCUT2D eigenvalue weighted by atomic mass is 9.85. The molecule has 4 atom stereocenters. The van der Waals surface area contributed by atoms with E-state index < -0.39 is 5.41 Å². The van der Waals surface area contributed by atoms with Crippen LogP contribution in [0.2, 0.25) is 0 Å². The molecule has 2 aromatic rings. The number of hydrogen-bond donors (Lipinski definition) is 2. The Bertz CT molecular complexity index is 1030. The summed E-state index contributed by atoms with van der Waals surface area (Å²) in [7, 11) is 1.86. The first-order valence-electron chi connectivity index (χ1n) is 12.4. The van der Waals surface area contributed by atoms with Crippen molar-refractivity contribution in [3.63, 3.8) is 0 Å². The number of hydrogen-bond acceptors (Lipinski definition) is 4. The van der Waals surface area contributed by atoms with Gasteiger partial charge in [0.05, 0.1) is 17.2 Å². The third-order valence-corrected chi connectivity index (χ3v) is 7.89. The van der Waals surface area contributed by atoms with Crippen molar-refractivity contribution in [2.75, 3.05) is 11.9 Å². The third-order valence-electron chi connectivity index (χ3n) is 7.89. The van der Waals surface area contributed by atoms with Gasteiger partial charge in [0.15, 0.2) is 0 Å². The van der Waals surface area contributed by atoms with Crippen LogP contribution in [0, 0.1) is 5.92 Å². The van der Waals surface area contributed by atoms with Gasteiger partial charge >= 0.3 is 0 Å². The van der Waals surface area contributed by atoms with Gasteiger partial charge in [-0.05, 0) is 63.6 Å². The van der Waals surface area contributed by atoms with Gasteiger partial charge in [-0.2, -0.15) is 0 Å². The van der Waals surface area contributed by atoms with Crippen molar-refractivity contribution < 1.29 is 9.53 Å². The van der Waals surface area contributed by atoms with Crippen molar-refractivity contribution in [1.82, 2.24) is 10.6 Å². The molecule has 1 aliphatic carbocycles. The first-order valence-corrected chi connectivity index (χ1v) is 12.4. The van der Waals surface area contributed by atoms with Crippen LogP contribution in [0.25, 0.3) is 0 Å². The van der Waals surface area contributed by atoms with Crippen LogP contribution >= 0.6 is 0 Å². The van der Waals surface area contributed by atoms with Crippen LogP contribution < -0.4 is 20.3 Å². The van der Waals surface area contributed by atoms with Crippen molar-refractivity contribution in [2.24, 2.45) is 5.92 Å². The van der Waals surface area contributed by atoms with E-state index in [1.165, 1.54) is 24.8 Å². The fourth-order valence-corrected chi connectivity index (χ4v) is 6.21. The third kappa shape index (κ3) is 3.85. The minimum atomic E-state index is -0.521. The summed E-state index contributed by atoms with van der Waals surface area (Å²) in [6.45, 7) is 8.88. The van der Waals surface area contributed by atoms with E-state index in [4.69, 9.17) is 4.74 Å². The second-order valence-electron chi connectivity index (χ2n) is 10.8. The van der Waals surface area contributed by atoms with Gasteiger partial charge in [0.2, 0.25) is 5.91 Å². The molecule has 2 N–H and O–H groups in total. The van der Waals surface area contributed by atoms with Gasteiger partial charge in [0.1, 0.15) is 5.75 Å². The summed E-state index contributed by atoms with van der Waals surface area (Å²) in [4.78, 5) is 14.7. The van der Waals surface area contributed by atoms with E-state index in [0.29, 0.717) is 24.0 Å². The van der Waals surface area contributed by atoms with E-state index in [0.717, 1.165) is 29.1 Å². The van der Waals surface area contributed by atoms with E-state index in [-0.39, 0.29) is 12.0 Å². The van der Waals surface area contributed by atoms with Crippen molar-refractivity contribution in [2.45, 2.75) is 83.1 Å². The van der Waals surface area contributed by atoms with Gasteiger partial charge in [-0.15, -0.1) is 0 Å². The summed E-state index contributed by atoms with van der Waals surface area (Å²) in [5.74, 6) is 1.65. The predicted molar refractivity (Wildman–Crippen MR) is 133 cm³/mol. The van der Waals surface area contributed by atoms with E-state index >= 15 is 0 Å². The minimum Gasteiger partial charge on any atom is -0.491 e. The zero-order chi connectivity index (χ0) is 23.3. The maximum atomic E-state index is 12.9. The molecule has 2 heterocycles. The van der Waals surface area contributed by atoms with Crippen molar-refractivity contribution >= 4 is 11.6 Å². The lowest BCUT2D eigenvalue weighted by Gasteiger charge is -2.26. The van der Waals surface area contributed by atoms with Crippen molar-refractivity contribution in [1.29, 1.82) is 0 Å². The van der Waals surface area contributed by atoms with Crippen molar-refractivity contribution in [3.05, 3.63) is 59.2 Å². The predicted octanol–water partition coefficient (Wildman–Crippen LogP) is 4.70. The molecule has 176 valence electrons. The summed E-state index contributed by atoms with van der Waals surface area (Å²) in [5, 5.41) is 7.86. The van der Waals surface area contributed by atoms with Crippen LogP contribution in [0.1, 0.15) is 69.7 Å². The molecule has 0 spiro atoms. The highest BCUT2D eigenvalue weighted by molar-refractivity contribution is 6.07. The summed E-state index contributed by atoms with van der Waals surface area (Å²) in [6.07, 6.45) is 3.90. The Balaban J connectivity index is 1.46. The van der Waals surface area contributed by atoms with Crippen LogP contribution in [-0.4, -0.2) is 31.1 Å². The van der Waals surface area contributed by atoms with Gasteiger partial charge in [0, 0.05) is 43.3 Å². The zero-order valence-corrected chi connectivity index (χ0v) is 20.5. The molecule has 5 rings (SSSR count). The number of amides is 1. The molecular weight excluding hydrogens is 410 g/mol. The molecule has 0 bridgehead atoms. The minimum absolute atomic E-state index is 0.0710. The van der Waals surface area contributed by atoms with E-state index in [2.05, 4.69) is 66.9 Å². The van der Waals surface area contributed by atoms with Crippen LogP contribution in [0.15, 0.2) is 42.5 Å². The Labute approximate surface area is 197 Å². The molecule has 5 nitrogen and oxygen atoms in total. The van der Waals surface area contributed by atoms with Crippen LogP contribution in [0.4, 0.5) is 5.69 Å². The highest BCUT2D eigenvalue weighted by Crippen LogP contribution is 2.45. The molecular formula is C28H37N3O2. The second kappa shape index (κ2) is 8.44. The van der Waals surface area contributed by atoms with Gasteiger partial charge < -0.3 is 20.3 Å². The molecule has 1 saturated carbocycles. The number of rotatable bonds is 6. The molecule has 4 unspecified atom stereocenters. The number of anilines is 1. The topological polar surface area (TPSA) is 53.6 Å². The van der Waals surface area contributed by atoms with Crippen molar-refractivity contribution in [3.8, 4) is 5.75 Å². The largest absolute Gasteiger partial charge is 0.491 e. The fraction of sp³-hybridized carbons (Fsp3) is 0.536. The average molecular weight is 448 g/mol. The number of carbonyl (C=O) groups is 1. The van der Waals surface area contributed by atoms with Gasteiger partial charge in [-0.25, -0.2) is 0 Å². The Morgan fingerprint density at radius 3 is 2.67 bits per heavy atom. The van der Waals surface area contributed by atoms with E-state index in [1.54, 1.807) is 4.90 Å². The lowest BCUT2D eigenvalue weighted by Crippen LogP contribution is -2.38. The van der Waals surface area contributed by atoms with Crippen LogP contribution in [0.3, 0.4) is 0 Å². The van der Waals surface area contributed by atoms with E-state index in [9.17, 15) is 4.79 Å².